The molecule has 1 heterocycles. The molecule has 1 aliphatic rings. The van der Waals surface area contributed by atoms with E-state index in [-0.39, 0.29) is 0 Å². The van der Waals surface area contributed by atoms with Crippen LogP contribution in [0.2, 0.25) is 0 Å². The molecule has 0 aromatic heterocycles. The van der Waals surface area contributed by atoms with Gasteiger partial charge in [0.05, 0.1) is 25.9 Å². The van der Waals surface area contributed by atoms with Crippen LogP contribution in [0.1, 0.15) is 19.3 Å². The molecule has 0 aromatic rings. The number of nitrogens with one attached hydrogen (secondary N) is 1. The summed E-state index contributed by atoms with van der Waals surface area (Å²) in [5.74, 6) is 0. The van der Waals surface area contributed by atoms with Crippen molar-refractivity contribution in [3.05, 3.63) is 0 Å². The van der Waals surface area contributed by atoms with E-state index in [1.165, 1.54) is 0 Å². The topological polar surface area (TPSA) is 49.0 Å². The minimum Gasteiger partial charge on any atom is -0.382 e. The first-order valence-electron chi connectivity index (χ1n) is 6.40. The van der Waals surface area contributed by atoms with E-state index in [0.717, 1.165) is 45.6 Å². The summed E-state index contributed by atoms with van der Waals surface area (Å²) in [7, 11) is 1.69. The lowest BCUT2D eigenvalue weighted by atomic mass is 10.2. The first kappa shape index (κ1) is 14.9. The van der Waals surface area contributed by atoms with E-state index in [1.54, 1.807) is 7.11 Å². The lowest BCUT2D eigenvalue weighted by Crippen LogP contribution is -2.34. The van der Waals surface area contributed by atoms with Crippen molar-refractivity contribution in [2.45, 2.75) is 25.4 Å². The Morgan fingerprint density at radius 2 is 2.18 bits per heavy atom. The van der Waals surface area contributed by atoms with Crippen LogP contribution in [0.3, 0.4) is 0 Å². The van der Waals surface area contributed by atoms with Gasteiger partial charge in [-0.15, -0.1) is 0 Å². The van der Waals surface area contributed by atoms with Gasteiger partial charge in [0.15, 0.2) is 0 Å². The highest BCUT2D eigenvalue weighted by Crippen LogP contribution is 2.04. The molecule has 0 bridgehead atoms. The van der Waals surface area contributed by atoms with Crippen LogP contribution in [0.5, 0.6) is 0 Å². The van der Waals surface area contributed by atoms with Crippen LogP contribution < -0.4 is 5.32 Å². The predicted octanol–water partition coefficient (Wildman–Crippen LogP) is 0.782. The number of hydrogen-bond donors (Lipinski definition) is 1. The van der Waals surface area contributed by atoms with Gasteiger partial charge in [0.2, 0.25) is 0 Å². The third-order valence-corrected chi connectivity index (χ3v) is 2.67. The van der Waals surface area contributed by atoms with E-state index < -0.39 is 0 Å². The summed E-state index contributed by atoms with van der Waals surface area (Å²) in [6.07, 6.45) is 3.54. The molecule has 0 aromatic carbocycles. The average molecular weight is 247 g/mol. The normalized spacial score (nSPS) is 20.6. The van der Waals surface area contributed by atoms with Crippen molar-refractivity contribution in [2.24, 2.45) is 0 Å². The Balaban J connectivity index is 1.75. The average Bonchev–Trinajstić information content (AvgIpc) is 2.38. The second kappa shape index (κ2) is 10.9. The second-order valence-electron chi connectivity index (χ2n) is 4.12. The fourth-order valence-corrected chi connectivity index (χ4v) is 1.62. The van der Waals surface area contributed by atoms with Gasteiger partial charge in [-0.1, -0.05) is 0 Å². The molecule has 1 unspecified atom stereocenters. The van der Waals surface area contributed by atoms with Gasteiger partial charge in [-0.2, -0.15) is 0 Å². The molecule has 5 heteroatoms. The molecule has 0 aliphatic carbocycles. The van der Waals surface area contributed by atoms with Gasteiger partial charge >= 0.3 is 0 Å². The smallest absolute Gasteiger partial charge is 0.147 e. The minimum absolute atomic E-state index is 0.321. The summed E-state index contributed by atoms with van der Waals surface area (Å²) in [6.45, 7) is 5.40. The first-order chi connectivity index (χ1) is 8.43. The van der Waals surface area contributed by atoms with E-state index in [9.17, 15) is 0 Å². The van der Waals surface area contributed by atoms with Crippen LogP contribution in [0, 0.1) is 0 Å². The van der Waals surface area contributed by atoms with Crippen LogP contribution in [0.25, 0.3) is 0 Å². The van der Waals surface area contributed by atoms with E-state index in [2.05, 4.69) is 5.32 Å². The molecule has 0 spiro atoms. The molecule has 1 atom stereocenters. The predicted molar refractivity (Wildman–Crippen MR) is 65.1 cm³/mol. The summed E-state index contributed by atoms with van der Waals surface area (Å²) < 4.78 is 20.8. The summed E-state index contributed by atoms with van der Waals surface area (Å²) in [4.78, 5) is 0. The van der Waals surface area contributed by atoms with Crippen molar-refractivity contribution in [1.82, 2.24) is 5.32 Å². The summed E-state index contributed by atoms with van der Waals surface area (Å²) in [5, 5.41) is 3.40. The largest absolute Gasteiger partial charge is 0.382 e. The number of hydrogen-bond acceptors (Lipinski definition) is 5. The summed E-state index contributed by atoms with van der Waals surface area (Å²) in [5.41, 5.74) is 0. The van der Waals surface area contributed by atoms with Gasteiger partial charge in [-0.3, -0.25) is 0 Å². The van der Waals surface area contributed by atoms with Crippen molar-refractivity contribution in [2.75, 3.05) is 53.4 Å². The Morgan fingerprint density at radius 1 is 1.24 bits per heavy atom. The van der Waals surface area contributed by atoms with Crippen molar-refractivity contribution < 1.29 is 18.9 Å². The zero-order valence-corrected chi connectivity index (χ0v) is 10.8. The third kappa shape index (κ3) is 8.51. The number of rotatable bonds is 10. The van der Waals surface area contributed by atoms with Crippen LogP contribution in [-0.2, 0) is 18.9 Å². The van der Waals surface area contributed by atoms with Gasteiger partial charge in [0.25, 0.3) is 0 Å². The molecule has 1 rings (SSSR count). The SMILES string of the molecule is COCCOCCCCNCC1CCOCO1. The van der Waals surface area contributed by atoms with Crippen molar-refractivity contribution in [3.63, 3.8) is 0 Å². The molecule has 5 nitrogen and oxygen atoms in total. The number of unbranched alkanes of at least 4 members (excludes halogenated alkanes) is 1. The molecular formula is C12H25NO4. The lowest BCUT2D eigenvalue weighted by Gasteiger charge is -2.22. The Bertz CT molecular complexity index is 163. The maximum absolute atomic E-state index is 5.43. The van der Waals surface area contributed by atoms with Crippen LogP contribution in [0.15, 0.2) is 0 Å². The third-order valence-electron chi connectivity index (χ3n) is 2.67. The van der Waals surface area contributed by atoms with Crippen LogP contribution in [0.4, 0.5) is 0 Å². The Morgan fingerprint density at radius 3 is 2.94 bits per heavy atom. The Kier molecular flexibility index (Phi) is 9.55. The van der Waals surface area contributed by atoms with Crippen LogP contribution >= 0.6 is 0 Å². The van der Waals surface area contributed by atoms with E-state index >= 15 is 0 Å². The Hall–Kier alpha value is -0.200. The maximum Gasteiger partial charge on any atom is 0.147 e. The molecule has 1 fully saturated rings. The van der Waals surface area contributed by atoms with E-state index in [1.807, 2.05) is 0 Å². The zero-order chi connectivity index (χ0) is 12.2. The molecule has 1 aliphatic heterocycles. The quantitative estimate of drug-likeness (QED) is 0.578. The molecule has 1 saturated heterocycles. The molecule has 17 heavy (non-hydrogen) atoms. The highest BCUT2D eigenvalue weighted by Gasteiger charge is 2.12. The Labute approximate surface area is 104 Å². The molecular weight excluding hydrogens is 222 g/mol. The zero-order valence-electron chi connectivity index (χ0n) is 10.8. The standard InChI is InChI=1S/C12H25NO4/c1-14-8-9-15-6-3-2-5-13-10-12-4-7-16-11-17-12/h12-13H,2-11H2,1H3. The highest BCUT2D eigenvalue weighted by molar-refractivity contribution is 4.63. The minimum atomic E-state index is 0.321. The van der Waals surface area contributed by atoms with Gasteiger partial charge in [0, 0.05) is 20.3 Å². The lowest BCUT2D eigenvalue weighted by molar-refractivity contribution is -0.137. The molecule has 102 valence electrons. The van der Waals surface area contributed by atoms with Crippen molar-refractivity contribution in [1.29, 1.82) is 0 Å². The first-order valence-corrected chi connectivity index (χ1v) is 6.40. The van der Waals surface area contributed by atoms with Gasteiger partial charge in [-0.05, 0) is 25.8 Å². The van der Waals surface area contributed by atoms with Crippen molar-refractivity contribution in [3.8, 4) is 0 Å². The summed E-state index contributed by atoms with van der Waals surface area (Å²) >= 11 is 0. The maximum atomic E-state index is 5.43. The highest BCUT2D eigenvalue weighted by atomic mass is 16.7. The molecule has 1 N–H and O–H groups in total. The van der Waals surface area contributed by atoms with Crippen molar-refractivity contribution >= 4 is 0 Å². The molecule has 0 radical (unpaired) electrons. The molecule has 0 saturated carbocycles. The van der Waals surface area contributed by atoms with E-state index in [0.29, 0.717) is 26.1 Å². The number of methoxy groups -OCH3 is 1. The monoisotopic (exact) mass is 247 g/mol. The van der Waals surface area contributed by atoms with Gasteiger partial charge < -0.3 is 24.3 Å². The van der Waals surface area contributed by atoms with Gasteiger partial charge in [-0.25, -0.2) is 0 Å². The fraction of sp³-hybridized carbons (Fsp3) is 1.00. The second-order valence-corrected chi connectivity index (χ2v) is 4.12. The van der Waals surface area contributed by atoms with E-state index in [4.69, 9.17) is 18.9 Å². The fourth-order valence-electron chi connectivity index (χ4n) is 1.62. The number of ether oxygens (including phenoxy) is 4. The van der Waals surface area contributed by atoms with Gasteiger partial charge in [0.1, 0.15) is 6.79 Å². The van der Waals surface area contributed by atoms with Crippen LogP contribution in [-0.4, -0.2) is 59.5 Å². The molecule has 0 amide bonds. The summed E-state index contributed by atoms with van der Waals surface area (Å²) in [6, 6.07) is 0.